The highest BCUT2D eigenvalue weighted by Crippen LogP contribution is 2.27. The summed E-state index contributed by atoms with van der Waals surface area (Å²) in [7, 11) is 0. The quantitative estimate of drug-likeness (QED) is 0.845. The Morgan fingerprint density at radius 2 is 1.89 bits per heavy atom. The molecule has 0 atom stereocenters. The standard InChI is InChI=1S/C13H11F3N2O/c1-3-18-9(2)17-8-12(18)10-4-6-11(7-5-10)19-13(14,15)16/h3-8H,1H2,2H3. The van der Waals surface area contributed by atoms with Gasteiger partial charge in [0.25, 0.3) is 0 Å². The van der Waals surface area contributed by atoms with Gasteiger partial charge in [-0.25, -0.2) is 4.98 Å². The summed E-state index contributed by atoms with van der Waals surface area (Å²) in [6, 6.07) is 5.60. The normalized spacial score (nSPS) is 11.4. The molecule has 0 N–H and O–H groups in total. The van der Waals surface area contributed by atoms with Crippen LogP contribution in [0.1, 0.15) is 5.82 Å². The Labute approximate surface area is 108 Å². The molecule has 6 heteroatoms. The molecule has 0 aliphatic carbocycles. The van der Waals surface area contributed by atoms with Crippen LogP contribution in [-0.4, -0.2) is 15.9 Å². The van der Waals surface area contributed by atoms with Crippen LogP contribution in [0.3, 0.4) is 0 Å². The Balaban J connectivity index is 2.30. The number of rotatable bonds is 3. The van der Waals surface area contributed by atoms with Gasteiger partial charge in [0.2, 0.25) is 0 Å². The molecule has 2 aromatic rings. The Morgan fingerprint density at radius 1 is 1.26 bits per heavy atom. The highest BCUT2D eigenvalue weighted by Gasteiger charge is 2.30. The summed E-state index contributed by atoms with van der Waals surface area (Å²) in [5.41, 5.74) is 1.49. The Bertz CT molecular complexity index is 585. The van der Waals surface area contributed by atoms with Crippen molar-refractivity contribution in [3.8, 4) is 17.0 Å². The summed E-state index contributed by atoms with van der Waals surface area (Å²) in [5.74, 6) is 0.498. The van der Waals surface area contributed by atoms with E-state index in [1.807, 2.05) is 6.92 Å². The summed E-state index contributed by atoms with van der Waals surface area (Å²) in [5, 5.41) is 0. The van der Waals surface area contributed by atoms with Gasteiger partial charge in [0, 0.05) is 11.8 Å². The van der Waals surface area contributed by atoms with Gasteiger partial charge in [-0.2, -0.15) is 0 Å². The third-order valence-electron chi connectivity index (χ3n) is 2.55. The zero-order valence-corrected chi connectivity index (χ0v) is 10.1. The lowest BCUT2D eigenvalue weighted by molar-refractivity contribution is -0.274. The van der Waals surface area contributed by atoms with Crippen LogP contribution < -0.4 is 4.74 Å². The first-order valence-electron chi connectivity index (χ1n) is 5.43. The van der Waals surface area contributed by atoms with Crippen molar-refractivity contribution in [1.29, 1.82) is 0 Å². The van der Waals surface area contributed by atoms with Crippen molar-refractivity contribution in [3.63, 3.8) is 0 Å². The predicted molar refractivity (Wildman–Crippen MR) is 65.5 cm³/mol. The van der Waals surface area contributed by atoms with Crippen molar-refractivity contribution >= 4 is 6.20 Å². The molecule has 0 spiro atoms. The van der Waals surface area contributed by atoms with E-state index in [4.69, 9.17) is 0 Å². The van der Waals surface area contributed by atoms with Crippen LogP contribution in [0.2, 0.25) is 0 Å². The average Bonchev–Trinajstić information content (AvgIpc) is 2.69. The minimum atomic E-state index is -4.68. The second kappa shape index (κ2) is 4.79. The van der Waals surface area contributed by atoms with Crippen molar-refractivity contribution < 1.29 is 17.9 Å². The monoisotopic (exact) mass is 268 g/mol. The summed E-state index contributed by atoms with van der Waals surface area (Å²) in [6.07, 6.45) is -1.45. The molecule has 0 fully saturated rings. The van der Waals surface area contributed by atoms with Gasteiger partial charge in [-0.1, -0.05) is 6.58 Å². The molecule has 0 bridgehead atoms. The summed E-state index contributed by atoms with van der Waals surface area (Å²) < 4.78 is 41.7. The lowest BCUT2D eigenvalue weighted by Crippen LogP contribution is -2.16. The molecule has 0 aliphatic heterocycles. The van der Waals surface area contributed by atoms with Crippen LogP contribution in [0.5, 0.6) is 5.75 Å². The largest absolute Gasteiger partial charge is 0.573 e. The van der Waals surface area contributed by atoms with Crippen LogP contribution in [0.15, 0.2) is 37.0 Å². The minimum absolute atomic E-state index is 0.252. The number of aromatic nitrogens is 2. The number of imidazole rings is 1. The van der Waals surface area contributed by atoms with Gasteiger partial charge in [-0.3, -0.25) is 0 Å². The summed E-state index contributed by atoms with van der Waals surface area (Å²) in [6.45, 7) is 5.48. The first-order chi connectivity index (χ1) is 8.90. The molecule has 0 aliphatic rings. The molecule has 2 rings (SSSR count). The maximum atomic E-state index is 12.0. The second-order valence-electron chi connectivity index (χ2n) is 3.82. The average molecular weight is 268 g/mol. The number of halogens is 3. The van der Waals surface area contributed by atoms with Crippen molar-refractivity contribution in [2.75, 3.05) is 0 Å². The minimum Gasteiger partial charge on any atom is -0.406 e. The fourth-order valence-electron chi connectivity index (χ4n) is 1.72. The van der Waals surface area contributed by atoms with Crippen LogP contribution >= 0.6 is 0 Å². The van der Waals surface area contributed by atoms with Crippen molar-refractivity contribution in [2.45, 2.75) is 13.3 Å². The smallest absolute Gasteiger partial charge is 0.406 e. The lowest BCUT2D eigenvalue weighted by atomic mass is 10.1. The number of hydrogen-bond acceptors (Lipinski definition) is 2. The summed E-state index contributed by atoms with van der Waals surface area (Å²) >= 11 is 0. The van der Waals surface area contributed by atoms with Gasteiger partial charge < -0.3 is 9.30 Å². The van der Waals surface area contributed by atoms with E-state index < -0.39 is 6.36 Å². The molecule has 0 radical (unpaired) electrons. The van der Waals surface area contributed by atoms with Crippen molar-refractivity contribution in [2.24, 2.45) is 0 Å². The van der Waals surface area contributed by atoms with E-state index in [9.17, 15) is 13.2 Å². The maximum absolute atomic E-state index is 12.0. The molecule has 1 heterocycles. The predicted octanol–water partition coefficient (Wildman–Crippen LogP) is 3.86. The maximum Gasteiger partial charge on any atom is 0.573 e. The van der Waals surface area contributed by atoms with E-state index in [-0.39, 0.29) is 5.75 Å². The van der Waals surface area contributed by atoms with Gasteiger partial charge in [-0.15, -0.1) is 13.2 Å². The molecule has 100 valence electrons. The van der Waals surface area contributed by atoms with E-state index in [0.717, 1.165) is 17.1 Å². The molecule has 0 unspecified atom stereocenters. The van der Waals surface area contributed by atoms with E-state index >= 15 is 0 Å². The van der Waals surface area contributed by atoms with Gasteiger partial charge in [0.05, 0.1) is 11.9 Å². The number of ether oxygens (including phenoxy) is 1. The number of alkyl halides is 3. The third kappa shape index (κ3) is 2.96. The van der Waals surface area contributed by atoms with Crippen LogP contribution in [-0.2, 0) is 0 Å². The van der Waals surface area contributed by atoms with E-state index in [0.29, 0.717) is 0 Å². The van der Waals surface area contributed by atoms with E-state index in [1.165, 1.54) is 24.3 Å². The van der Waals surface area contributed by atoms with Gasteiger partial charge >= 0.3 is 6.36 Å². The number of benzene rings is 1. The SMILES string of the molecule is C=Cn1c(-c2ccc(OC(F)(F)F)cc2)cnc1C. The zero-order chi connectivity index (χ0) is 14.0. The molecule has 0 saturated carbocycles. The Morgan fingerprint density at radius 3 is 2.42 bits per heavy atom. The van der Waals surface area contributed by atoms with Gasteiger partial charge in [0.1, 0.15) is 11.6 Å². The highest BCUT2D eigenvalue weighted by atomic mass is 19.4. The van der Waals surface area contributed by atoms with Gasteiger partial charge in [0.15, 0.2) is 0 Å². The van der Waals surface area contributed by atoms with Crippen molar-refractivity contribution in [1.82, 2.24) is 9.55 Å². The first-order valence-corrected chi connectivity index (χ1v) is 5.43. The molecular weight excluding hydrogens is 257 g/mol. The lowest BCUT2D eigenvalue weighted by Gasteiger charge is -2.09. The molecule has 1 aromatic carbocycles. The molecule has 3 nitrogen and oxygen atoms in total. The van der Waals surface area contributed by atoms with E-state index in [2.05, 4.69) is 16.3 Å². The number of aryl methyl sites for hydroxylation is 1. The molecular formula is C13H11F3N2O. The zero-order valence-electron chi connectivity index (χ0n) is 10.1. The van der Waals surface area contributed by atoms with Crippen LogP contribution in [0, 0.1) is 6.92 Å². The number of nitrogens with zero attached hydrogens (tertiary/aromatic N) is 2. The fourth-order valence-corrected chi connectivity index (χ4v) is 1.72. The molecule has 1 aromatic heterocycles. The second-order valence-corrected chi connectivity index (χ2v) is 3.82. The number of hydrogen-bond donors (Lipinski definition) is 0. The highest BCUT2D eigenvalue weighted by molar-refractivity contribution is 5.62. The fraction of sp³-hybridized carbons (Fsp3) is 0.154. The van der Waals surface area contributed by atoms with Gasteiger partial charge in [-0.05, 0) is 31.2 Å². The molecule has 19 heavy (non-hydrogen) atoms. The topological polar surface area (TPSA) is 27.1 Å². The van der Waals surface area contributed by atoms with Crippen molar-refractivity contribution in [3.05, 3.63) is 42.9 Å². The molecule has 0 saturated heterocycles. The third-order valence-corrected chi connectivity index (χ3v) is 2.55. The Hall–Kier alpha value is -2.24. The first kappa shape index (κ1) is 13.2. The molecule has 0 amide bonds. The van der Waals surface area contributed by atoms with E-state index in [1.54, 1.807) is 17.0 Å². The Kier molecular flexibility index (Phi) is 3.33. The summed E-state index contributed by atoms with van der Waals surface area (Å²) in [4.78, 5) is 4.13. The van der Waals surface area contributed by atoms with Crippen LogP contribution in [0.25, 0.3) is 17.5 Å². The van der Waals surface area contributed by atoms with Crippen LogP contribution in [0.4, 0.5) is 13.2 Å².